The van der Waals surface area contributed by atoms with Gasteiger partial charge in [-0.2, -0.15) is 4.98 Å². The van der Waals surface area contributed by atoms with Crippen molar-refractivity contribution in [2.75, 3.05) is 5.32 Å². The van der Waals surface area contributed by atoms with Crippen LogP contribution in [0, 0.1) is 5.82 Å². The summed E-state index contributed by atoms with van der Waals surface area (Å²) in [5.41, 5.74) is 1.12. The van der Waals surface area contributed by atoms with Crippen LogP contribution >= 0.6 is 34.8 Å². The van der Waals surface area contributed by atoms with E-state index in [0.717, 1.165) is 12.8 Å². The Morgan fingerprint density at radius 2 is 1.81 bits per heavy atom. The van der Waals surface area contributed by atoms with Gasteiger partial charge in [0.2, 0.25) is 18.1 Å². The standard InChI is InChI=1S/C18H11Cl3FN3O2/c19-11-5-9(1-2-14(11)22)16-24-17(27-25-16)18(3-4-18)15-12(20)6-10(23-8-26)7-13(15)21/h1-2,5-8H,3-4H2,(H,23,26). The van der Waals surface area contributed by atoms with E-state index in [1.807, 2.05) is 0 Å². The van der Waals surface area contributed by atoms with Gasteiger partial charge >= 0.3 is 0 Å². The summed E-state index contributed by atoms with van der Waals surface area (Å²) in [5, 5.41) is 7.27. The number of carbonyl (C=O) groups is 1. The van der Waals surface area contributed by atoms with Crippen LogP contribution in [0.5, 0.6) is 0 Å². The third-order valence-electron chi connectivity index (χ3n) is 4.51. The van der Waals surface area contributed by atoms with Gasteiger partial charge in [0, 0.05) is 26.9 Å². The molecular weight excluding hydrogens is 416 g/mol. The Hall–Kier alpha value is -2.15. The molecule has 2 aromatic carbocycles. The molecule has 1 aromatic heterocycles. The van der Waals surface area contributed by atoms with Gasteiger partial charge in [0.25, 0.3) is 0 Å². The first-order valence-corrected chi connectivity index (χ1v) is 9.07. The highest BCUT2D eigenvalue weighted by molar-refractivity contribution is 6.37. The minimum absolute atomic E-state index is 0.0238. The first-order valence-electron chi connectivity index (χ1n) is 7.94. The Labute approximate surface area is 168 Å². The van der Waals surface area contributed by atoms with Crippen LogP contribution in [0.4, 0.5) is 10.1 Å². The van der Waals surface area contributed by atoms with E-state index in [0.29, 0.717) is 45.0 Å². The summed E-state index contributed by atoms with van der Waals surface area (Å²) in [5.74, 6) is 0.146. The van der Waals surface area contributed by atoms with Gasteiger partial charge in [-0.3, -0.25) is 4.79 Å². The molecule has 138 valence electrons. The van der Waals surface area contributed by atoms with Gasteiger partial charge in [-0.05, 0) is 43.2 Å². The molecule has 3 aromatic rings. The first-order chi connectivity index (χ1) is 12.9. The van der Waals surface area contributed by atoms with Gasteiger partial charge in [0.1, 0.15) is 5.82 Å². The predicted molar refractivity (Wildman–Crippen MR) is 101 cm³/mol. The van der Waals surface area contributed by atoms with Gasteiger partial charge in [0.15, 0.2) is 0 Å². The molecule has 0 spiro atoms. The van der Waals surface area contributed by atoms with Gasteiger partial charge < -0.3 is 9.84 Å². The van der Waals surface area contributed by atoms with Gasteiger partial charge in [0.05, 0.1) is 10.4 Å². The van der Waals surface area contributed by atoms with Crippen molar-refractivity contribution >= 4 is 46.9 Å². The van der Waals surface area contributed by atoms with Crippen LogP contribution in [0.15, 0.2) is 34.9 Å². The number of benzene rings is 2. The van der Waals surface area contributed by atoms with Crippen molar-refractivity contribution in [1.29, 1.82) is 0 Å². The third kappa shape index (κ3) is 3.18. The van der Waals surface area contributed by atoms with Crippen molar-refractivity contribution in [3.8, 4) is 11.4 Å². The summed E-state index contributed by atoms with van der Waals surface area (Å²) >= 11 is 18.7. The monoisotopic (exact) mass is 425 g/mol. The molecule has 0 aliphatic heterocycles. The quantitative estimate of drug-likeness (QED) is 0.548. The summed E-state index contributed by atoms with van der Waals surface area (Å²) in [4.78, 5) is 15.1. The topological polar surface area (TPSA) is 68.0 Å². The maximum Gasteiger partial charge on any atom is 0.237 e. The molecule has 0 radical (unpaired) electrons. The van der Waals surface area contributed by atoms with Crippen molar-refractivity contribution < 1.29 is 13.7 Å². The lowest BCUT2D eigenvalue weighted by Crippen LogP contribution is -2.11. The molecule has 0 bridgehead atoms. The number of hydrogen-bond acceptors (Lipinski definition) is 4. The first kappa shape index (κ1) is 18.2. The predicted octanol–water partition coefficient (Wildman–Crippen LogP) is 5.48. The molecule has 0 saturated heterocycles. The molecule has 0 unspecified atom stereocenters. The molecule has 27 heavy (non-hydrogen) atoms. The van der Waals surface area contributed by atoms with Crippen LogP contribution in [-0.4, -0.2) is 16.6 Å². The van der Waals surface area contributed by atoms with Gasteiger partial charge in [-0.25, -0.2) is 4.39 Å². The maximum absolute atomic E-state index is 13.4. The molecule has 1 aliphatic rings. The smallest absolute Gasteiger partial charge is 0.237 e. The molecule has 1 amide bonds. The van der Waals surface area contributed by atoms with Crippen LogP contribution in [0.2, 0.25) is 15.1 Å². The van der Waals surface area contributed by atoms with E-state index in [4.69, 9.17) is 39.3 Å². The van der Waals surface area contributed by atoms with Crippen LogP contribution in [0.25, 0.3) is 11.4 Å². The molecule has 1 heterocycles. The van der Waals surface area contributed by atoms with E-state index < -0.39 is 11.2 Å². The number of anilines is 1. The Kier molecular flexibility index (Phi) is 4.58. The summed E-state index contributed by atoms with van der Waals surface area (Å²) in [6.07, 6.45) is 2.02. The lowest BCUT2D eigenvalue weighted by molar-refractivity contribution is -0.105. The normalized spacial score (nSPS) is 14.8. The van der Waals surface area contributed by atoms with Crippen molar-refractivity contribution in [1.82, 2.24) is 10.1 Å². The van der Waals surface area contributed by atoms with E-state index >= 15 is 0 Å². The number of rotatable bonds is 5. The Morgan fingerprint density at radius 3 is 2.41 bits per heavy atom. The zero-order valence-corrected chi connectivity index (χ0v) is 15.9. The lowest BCUT2D eigenvalue weighted by atomic mass is 9.95. The average Bonchev–Trinajstić information content (AvgIpc) is 3.24. The van der Waals surface area contributed by atoms with Gasteiger partial charge in [-0.1, -0.05) is 40.0 Å². The molecule has 0 atom stereocenters. The Bertz CT molecular complexity index is 1030. The highest BCUT2D eigenvalue weighted by atomic mass is 35.5. The summed E-state index contributed by atoms with van der Waals surface area (Å²) < 4.78 is 18.8. The van der Waals surface area contributed by atoms with E-state index in [1.54, 1.807) is 12.1 Å². The highest BCUT2D eigenvalue weighted by Crippen LogP contribution is 2.57. The molecule has 1 saturated carbocycles. The number of aromatic nitrogens is 2. The second kappa shape index (κ2) is 6.78. The SMILES string of the molecule is O=CNc1cc(Cl)c(C2(c3nc(-c4ccc(F)c(Cl)c4)no3)CC2)c(Cl)c1. The fourth-order valence-corrected chi connectivity index (χ4v) is 4.08. The summed E-state index contributed by atoms with van der Waals surface area (Å²) in [6, 6.07) is 7.44. The number of hydrogen-bond donors (Lipinski definition) is 1. The molecule has 5 nitrogen and oxygen atoms in total. The largest absolute Gasteiger partial charge is 0.338 e. The number of carbonyl (C=O) groups excluding carboxylic acids is 1. The molecule has 1 fully saturated rings. The molecule has 1 N–H and O–H groups in total. The van der Waals surface area contributed by atoms with Crippen molar-refractivity contribution in [2.45, 2.75) is 18.3 Å². The van der Waals surface area contributed by atoms with Crippen LogP contribution in [0.1, 0.15) is 24.3 Å². The van der Waals surface area contributed by atoms with E-state index in [2.05, 4.69) is 15.5 Å². The molecule has 4 rings (SSSR count). The fourth-order valence-electron chi connectivity index (χ4n) is 3.05. The second-order valence-electron chi connectivity index (χ2n) is 6.21. The van der Waals surface area contributed by atoms with E-state index in [-0.39, 0.29) is 5.02 Å². The number of amides is 1. The highest BCUT2D eigenvalue weighted by Gasteiger charge is 2.53. The summed E-state index contributed by atoms with van der Waals surface area (Å²) in [7, 11) is 0. The van der Waals surface area contributed by atoms with Crippen LogP contribution < -0.4 is 5.32 Å². The molecular formula is C18H11Cl3FN3O2. The minimum Gasteiger partial charge on any atom is -0.338 e. The minimum atomic E-state index is -0.580. The van der Waals surface area contributed by atoms with E-state index in [1.165, 1.54) is 18.2 Å². The molecule has 9 heteroatoms. The van der Waals surface area contributed by atoms with Gasteiger partial charge in [-0.15, -0.1) is 0 Å². The zero-order chi connectivity index (χ0) is 19.2. The lowest BCUT2D eigenvalue weighted by Gasteiger charge is -2.16. The van der Waals surface area contributed by atoms with Crippen molar-refractivity contribution in [3.05, 3.63) is 62.7 Å². The Morgan fingerprint density at radius 1 is 1.11 bits per heavy atom. The third-order valence-corrected chi connectivity index (χ3v) is 5.40. The number of nitrogens with one attached hydrogen (secondary N) is 1. The summed E-state index contributed by atoms with van der Waals surface area (Å²) in [6.45, 7) is 0. The Balaban J connectivity index is 1.73. The fraction of sp³-hybridized carbons (Fsp3) is 0.167. The van der Waals surface area contributed by atoms with Crippen molar-refractivity contribution in [2.24, 2.45) is 0 Å². The van der Waals surface area contributed by atoms with Crippen molar-refractivity contribution in [3.63, 3.8) is 0 Å². The van der Waals surface area contributed by atoms with Crippen LogP contribution in [0.3, 0.4) is 0 Å². The zero-order valence-electron chi connectivity index (χ0n) is 13.6. The van der Waals surface area contributed by atoms with Crippen LogP contribution in [-0.2, 0) is 10.2 Å². The second-order valence-corrected chi connectivity index (χ2v) is 7.43. The number of nitrogens with zero attached hydrogens (tertiary/aromatic N) is 2. The maximum atomic E-state index is 13.4. The number of halogens is 4. The van der Waals surface area contributed by atoms with E-state index in [9.17, 15) is 9.18 Å². The average molecular weight is 427 g/mol. The molecule has 1 aliphatic carbocycles.